The van der Waals surface area contributed by atoms with Crippen molar-refractivity contribution >= 4 is 17.7 Å². The first-order valence-electron chi connectivity index (χ1n) is 11.6. The number of amides is 3. The van der Waals surface area contributed by atoms with Gasteiger partial charge in [-0.3, -0.25) is 14.4 Å². The summed E-state index contributed by atoms with van der Waals surface area (Å²) in [5.41, 5.74) is -0.317. The summed E-state index contributed by atoms with van der Waals surface area (Å²) in [5.74, 6) is -2.20. The number of aliphatic hydroxyl groups excluding tert-OH is 1. The Kier molecular flexibility index (Phi) is 6.27. The van der Waals surface area contributed by atoms with E-state index in [0.717, 1.165) is 18.4 Å². The number of benzene rings is 1. The van der Waals surface area contributed by atoms with E-state index in [1.54, 1.807) is 7.05 Å². The van der Waals surface area contributed by atoms with Crippen molar-refractivity contribution in [2.45, 2.75) is 69.4 Å². The van der Waals surface area contributed by atoms with Crippen molar-refractivity contribution in [2.75, 3.05) is 13.7 Å². The number of hydrogen-bond acceptors (Lipinski definition) is 5. The molecule has 8 nitrogen and oxygen atoms in total. The van der Waals surface area contributed by atoms with Crippen LogP contribution in [0.1, 0.15) is 51.1 Å². The van der Waals surface area contributed by atoms with Crippen molar-refractivity contribution in [1.82, 2.24) is 15.5 Å². The number of fused-ring (bicyclic) bond motifs is 1. The van der Waals surface area contributed by atoms with Gasteiger partial charge in [-0.15, -0.1) is 0 Å². The maximum atomic E-state index is 13.9. The minimum Gasteiger partial charge on any atom is -0.394 e. The van der Waals surface area contributed by atoms with Gasteiger partial charge in [-0.25, -0.2) is 0 Å². The lowest BCUT2D eigenvalue weighted by atomic mass is 9.70. The van der Waals surface area contributed by atoms with E-state index in [1.165, 1.54) is 4.90 Å². The van der Waals surface area contributed by atoms with Gasteiger partial charge in [0.25, 0.3) is 0 Å². The molecule has 0 saturated carbocycles. The molecule has 2 bridgehead atoms. The summed E-state index contributed by atoms with van der Waals surface area (Å²) in [6, 6.07) is 7.55. The number of nitrogens with one attached hydrogen (secondary N) is 2. The quantitative estimate of drug-likeness (QED) is 0.559. The highest BCUT2D eigenvalue weighted by Gasteiger charge is 2.75. The number of ether oxygens (including phenoxy) is 1. The Bertz CT molecular complexity index is 878. The molecule has 3 heterocycles. The molecule has 3 aliphatic heterocycles. The molecule has 3 aliphatic rings. The molecule has 1 aromatic carbocycles. The summed E-state index contributed by atoms with van der Waals surface area (Å²) in [6.07, 6.45) is 2.52. The van der Waals surface area contributed by atoms with Crippen molar-refractivity contribution in [1.29, 1.82) is 0 Å². The van der Waals surface area contributed by atoms with Crippen LogP contribution in [-0.2, 0) is 19.1 Å². The molecule has 3 unspecified atom stereocenters. The number of carbonyl (C=O) groups is 3. The SMILES string of the molecule is CCCC(C)NC(=O)C1N([C@H](CO)c2ccccc2)C(=O)[C@@H]2[C@H](C(=O)NC)[C@@H]3CCC12O3. The molecule has 174 valence electrons. The number of rotatable bonds is 8. The molecule has 0 radical (unpaired) electrons. The van der Waals surface area contributed by atoms with Gasteiger partial charge in [-0.1, -0.05) is 43.7 Å². The fraction of sp³-hybridized carbons (Fsp3) is 0.625. The number of nitrogens with zero attached hydrogens (tertiary/aromatic N) is 1. The maximum Gasteiger partial charge on any atom is 0.246 e. The first-order valence-corrected chi connectivity index (χ1v) is 11.6. The second-order valence-corrected chi connectivity index (χ2v) is 9.22. The van der Waals surface area contributed by atoms with E-state index in [4.69, 9.17) is 4.74 Å². The third kappa shape index (κ3) is 3.40. The predicted molar refractivity (Wildman–Crippen MR) is 117 cm³/mol. The lowest BCUT2D eigenvalue weighted by Crippen LogP contribution is -2.57. The number of hydrogen-bond donors (Lipinski definition) is 3. The van der Waals surface area contributed by atoms with Gasteiger partial charge in [0.15, 0.2) is 0 Å². The van der Waals surface area contributed by atoms with E-state index in [1.807, 2.05) is 37.3 Å². The molecule has 1 spiro atoms. The smallest absolute Gasteiger partial charge is 0.246 e. The van der Waals surface area contributed by atoms with Crippen LogP contribution in [0.15, 0.2) is 30.3 Å². The fourth-order valence-electron chi connectivity index (χ4n) is 6.05. The van der Waals surface area contributed by atoms with E-state index < -0.39 is 29.5 Å². The van der Waals surface area contributed by atoms with Gasteiger partial charge in [0.2, 0.25) is 17.7 Å². The van der Waals surface area contributed by atoms with Crippen LogP contribution in [0.25, 0.3) is 0 Å². The van der Waals surface area contributed by atoms with Crippen LogP contribution in [0.4, 0.5) is 0 Å². The van der Waals surface area contributed by atoms with Crippen molar-refractivity contribution in [2.24, 2.45) is 11.8 Å². The highest BCUT2D eigenvalue weighted by atomic mass is 16.5. The zero-order valence-corrected chi connectivity index (χ0v) is 18.9. The summed E-state index contributed by atoms with van der Waals surface area (Å²) < 4.78 is 6.36. The Balaban J connectivity index is 1.78. The third-order valence-electron chi connectivity index (χ3n) is 7.34. The molecule has 0 aliphatic carbocycles. The van der Waals surface area contributed by atoms with Crippen molar-refractivity contribution in [3.05, 3.63) is 35.9 Å². The normalized spacial score (nSPS) is 32.5. The van der Waals surface area contributed by atoms with Crippen LogP contribution in [0.5, 0.6) is 0 Å². The van der Waals surface area contributed by atoms with E-state index in [0.29, 0.717) is 12.8 Å². The second-order valence-electron chi connectivity index (χ2n) is 9.22. The average Bonchev–Trinajstić information content (AvgIpc) is 3.42. The zero-order chi connectivity index (χ0) is 23.0. The molecular weight excluding hydrogens is 410 g/mol. The molecule has 3 fully saturated rings. The van der Waals surface area contributed by atoms with Gasteiger partial charge in [-0.05, 0) is 31.7 Å². The maximum absolute atomic E-state index is 13.9. The van der Waals surface area contributed by atoms with E-state index >= 15 is 0 Å². The Labute approximate surface area is 188 Å². The van der Waals surface area contributed by atoms with Crippen LogP contribution >= 0.6 is 0 Å². The lowest BCUT2D eigenvalue weighted by molar-refractivity contribution is -0.146. The fourth-order valence-corrected chi connectivity index (χ4v) is 6.05. The Morgan fingerprint density at radius 3 is 2.62 bits per heavy atom. The minimum atomic E-state index is -1.06. The van der Waals surface area contributed by atoms with Crippen LogP contribution in [-0.4, -0.2) is 65.2 Å². The Morgan fingerprint density at radius 2 is 2.00 bits per heavy atom. The van der Waals surface area contributed by atoms with E-state index in [2.05, 4.69) is 17.6 Å². The molecule has 3 saturated heterocycles. The molecule has 0 aromatic heterocycles. The van der Waals surface area contributed by atoms with Gasteiger partial charge in [0.1, 0.15) is 11.6 Å². The van der Waals surface area contributed by atoms with Gasteiger partial charge in [0.05, 0.1) is 30.6 Å². The largest absolute Gasteiger partial charge is 0.394 e. The standard InChI is InChI=1S/C24H33N3O5/c1-4-8-14(2)26-22(30)20-24-12-11-17(32-24)18(21(29)25-3)19(24)23(31)27(20)16(13-28)15-9-6-5-7-10-15/h5-7,9-10,14,16-20,28H,4,8,11-13H2,1-3H3,(H,25,29)(H,26,30)/t14?,16-,17+,18-,19+,20?,24?/m1/s1. The topological polar surface area (TPSA) is 108 Å². The van der Waals surface area contributed by atoms with Crippen LogP contribution in [0.3, 0.4) is 0 Å². The van der Waals surface area contributed by atoms with Crippen LogP contribution in [0, 0.1) is 11.8 Å². The van der Waals surface area contributed by atoms with Crippen LogP contribution in [0.2, 0.25) is 0 Å². The van der Waals surface area contributed by atoms with Gasteiger partial charge >= 0.3 is 0 Å². The minimum absolute atomic E-state index is 0.0578. The van der Waals surface area contributed by atoms with Crippen molar-refractivity contribution < 1.29 is 24.2 Å². The molecule has 3 amide bonds. The number of aliphatic hydroxyl groups is 1. The summed E-state index contributed by atoms with van der Waals surface area (Å²) in [4.78, 5) is 41.7. The van der Waals surface area contributed by atoms with Gasteiger partial charge in [-0.2, -0.15) is 0 Å². The molecule has 7 atom stereocenters. The monoisotopic (exact) mass is 443 g/mol. The Morgan fingerprint density at radius 1 is 1.28 bits per heavy atom. The molecular formula is C24H33N3O5. The molecule has 8 heteroatoms. The molecule has 4 rings (SSSR count). The summed E-state index contributed by atoms with van der Waals surface area (Å²) in [6.45, 7) is 3.66. The number of carbonyl (C=O) groups excluding carboxylic acids is 3. The van der Waals surface area contributed by atoms with E-state index in [9.17, 15) is 19.5 Å². The summed E-state index contributed by atoms with van der Waals surface area (Å²) >= 11 is 0. The molecule has 3 N–H and O–H groups in total. The summed E-state index contributed by atoms with van der Waals surface area (Å²) in [7, 11) is 1.55. The first-order chi connectivity index (χ1) is 15.4. The Hall–Kier alpha value is -2.45. The first kappa shape index (κ1) is 22.7. The lowest BCUT2D eigenvalue weighted by Gasteiger charge is -2.37. The predicted octanol–water partition coefficient (Wildman–Crippen LogP) is 1.15. The highest BCUT2D eigenvalue weighted by Crippen LogP contribution is 2.59. The van der Waals surface area contributed by atoms with Crippen molar-refractivity contribution in [3.63, 3.8) is 0 Å². The van der Waals surface area contributed by atoms with Crippen LogP contribution < -0.4 is 10.6 Å². The summed E-state index contributed by atoms with van der Waals surface area (Å²) in [5, 5.41) is 16.1. The third-order valence-corrected chi connectivity index (χ3v) is 7.34. The highest BCUT2D eigenvalue weighted by molar-refractivity contribution is 5.99. The van der Waals surface area contributed by atoms with Gasteiger partial charge < -0.3 is 25.4 Å². The van der Waals surface area contributed by atoms with Crippen molar-refractivity contribution in [3.8, 4) is 0 Å². The average molecular weight is 444 g/mol. The number of likely N-dealkylation sites (tertiary alicyclic amines) is 1. The zero-order valence-electron chi connectivity index (χ0n) is 18.9. The second kappa shape index (κ2) is 8.83. The van der Waals surface area contributed by atoms with E-state index in [-0.39, 0.29) is 36.5 Å². The molecule has 1 aromatic rings. The van der Waals surface area contributed by atoms with Gasteiger partial charge in [0, 0.05) is 13.1 Å². The molecule has 32 heavy (non-hydrogen) atoms.